The van der Waals surface area contributed by atoms with E-state index in [2.05, 4.69) is 15.1 Å². The number of halogens is 4. The second-order valence-electron chi connectivity index (χ2n) is 11.1. The summed E-state index contributed by atoms with van der Waals surface area (Å²) >= 11 is 0. The van der Waals surface area contributed by atoms with Crippen LogP contribution in [0.2, 0.25) is 0 Å². The highest BCUT2D eigenvalue weighted by Gasteiger charge is 2.57. The Hall–Kier alpha value is -5.48. The number of fused-ring (bicyclic) bond motifs is 2. The molecule has 0 atom stereocenters. The number of rotatable bonds is 9. The number of carbonyl (C=O) groups is 3. The second kappa shape index (κ2) is 11.7. The molecular weight excluding hydrogens is 624 g/mol. The van der Waals surface area contributed by atoms with Gasteiger partial charge in [0, 0.05) is 38.8 Å². The molecule has 0 spiro atoms. The normalized spacial score (nSPS) is 13.3. The molecule has 0 aliphatic rings. The number of nitrogens with zero attached hydrogens (tertiary/aromatic N) is 8. The minimum atomic E-state index is -4.73. The Morgan fingerprint density at radius 1 is 0.787 bits per heavy atom. The average molecular weight is 657 g/mol. The first-order chi connectivity index (χ1) is 22.0. The Kier molecular flexibility index (Phi) is 8.20. The van der Waals surface area contributed by atoms with Crippen molar-refractivity contribution < 1.29 is 31.9 Å². The van der Waals surface area contributed by atoms with Crippen molar-refractivity contribution in [2.24, 2.45) is 35.5 Å². The van der Waals surface area contributed by atoms with Gasteiger partial charge in [-0.25, -0.2) is 0 Å². The predicted octanol–water partition coefficient (Wildman–Crippen LogP) is 2.24. The number of hydrogen-bond acceptors (Lipinski definition) is 5. The van der Waals surface area contributed by atoms with Crippen LogP contribution in [0.5, 0.6) is 0 Å². The van der Waals surface area contributed by atoms with Gasteiger partial charge in [-0.1, -0.05) is 0 Å². The van der Waals surface area contributed by atoms with Crippen molar-refractivity contribution in [2.45, 2.75) is 45.3 Å². The number of aromatic nitrogens is 6. The van der Waals surface area contributed by atoms with Gasteiger partial charge < -0.3 is 29.7 Å². The van der Waals surface area contributed by atoms with Crippen LogP contribution in [0, 0.1) is 6.92 Å². The molecule has 5 rings (SSSR count). The number of amides is 3. The topological polar surface area (TPSA) is 166 Å². The van der Waals surface area contributed by atoms with Crippen molar-refractivity contribution in [3.8, 4) is 0 Å². The smallest absolute Gasteiger partial charge is 0.329 e. The van der Waals surface area contributed by atoms with Crippen LogP contribution in [0.4, 0.5) is 17.6 Å². The van der Waals surface area contributed by atoms with E-state index in [-0.39, 0.29) is 50.1 Å². The standard InChI is InChI=1S/C30H32F4N10O3/c1-6-44-23(11-16(2)39-44)26(47)38-28-41(5)22-13-18(25(36)46)8-10-20(22)43(28)15-30(33,34)29(31,32)14-42-19-9-7-17(24(35)45)12-21(19)40(4)27(42)37-3/h7-13H,6,14-15H2,1-5H3,(H2,35,45)(H2,36,46). The molecule has 3 heterocycles. The van der Waals surface area contributed by atoms with Crippen LogP contribution in [0.3, 0.4) is 0 Å². The molecule has 5 aromatic rings. The van der Waals surface area contributed by atoms with Crippen molar-refractivity contribution >= 4 is 39.8 Å². The maximum absolute atomic E-state index is 16.0. The van der Waals surface area contributed by atoms with E-state index in [0.717, 1.165) is 9.13 Å². The lowest BCUT2D eigenvalue weighted by molar-refractivity contribution is -0.221. The Labute approximate surface area is 264 Å². The minimum absolute atomic E-state index is 0.000692. The first-order valence-corrected chi connectivity index (χ1v) is 14.3. The third-order valence-electron chi connectivity index (χ3n) is 7.98. The summed E-state index contributed by atoms with van der Waals surface area (Å²) in [6, 6.07) is 9.31. The zero-order valence-electron chi connectivity index (χ0n) is 26.1. The summed E-state index contributed by atoms with van der Waals surface area (Å²) in [5.41, 5.74) is 11.6. The van der Waals surface area contributed by atoms with Crippen LogP contribution < -0.4 is 22.7 Å². The molecule has 2 aromatic carbocycles. The lowest BCUT2D eigenvalue weighted by Crippen LogP contribution is -2.49. The van der Waals surface area contributed by atoms with E-state index in [9.17, 15) is 14.4 Å². The van der Waals surface area contributed by atoms with Crippen molar-refractivity contribution in [1.82, 2.24) is 28.0 Å². The van der Waals surface area contributed by atoms with E-state index in [4.69, 9.17) is 11.5 Å². The first kappa shape index (κ1) is 32.9. The molecule has 0 saturated heterocycles. The fraction of sp³-hybridized carbons (Fsp3) is 0.333. The van der Waals surface area contributed by atoms with Gasteiger partial charge in [0.2, 0.25) is 23.1 Å². The fourth-order valence-electron chi connectivity index (χ4n) is 5.59. The van der Waals surface area contributed by atoms with Crippen LogP contribution in [0.15, 0.2) is 52.4 Å². The van der Waals surface area contributed by atoms with Gasteiger partial charge in [-0.2, -0.15) is 27.7 Å². The number of aryl methyl sites for hydroxylation is 4. The Morgan fingerprint density at radius 2 is 1.26 bits per heavy atom. The Bertz CT molecular complexity index is 2230. The molecule has 17 heteroatoms. The lowest BCUT2D eigenvalue weighted by atomic mass is 10.1. The summed E-state index contributed by atoms with van der Waals surface area (Å²) in [6.07, 6.45) is 0. The van der Waals surface area contributed by atoms with Gasteiger partial charge in [-0.3, -0.25) is 24.1 Å². The molecule has 0 unspecified atom stereocenters. The second-order valence-corrected chi connectivity index (χ2v) is 11.1. The quantitative estimate of drug-likeness (QED) is 0.233. The van der Waals surface area contributed by atoms with Gasteiger partial charge in [0.25, 0.3) is 5.91 Å². The number of benzene rings is 2. The number of alkyl halides is 4. The van der Waals surface area contributed by atoms with Gasteiger partial charge in [0.1, 0.15) is 5.69 Å². The SMILES string of the molecule is CCn1nc(C)cc1C(=O)N=c1n(C)c2cc(C(N)=O)ccc2n1CC(F)(F)C(F)(F)Cn1c(=NC)n(C)c2cc(C(N)=O)ccc21. The van der Waals surface area contributed by atoms with E-state index >= 15 is 17.6 Å². The van der Waals surface area contributed by atoms with Crippen molar-refractivity contribution in [2.75, 3.05) is 7.05 Å². The molecule has 3 aromatic heterocycles. The first-order valence-electron chi connectivity index (χ1n) is 14.3. The number of nitrogens with two attached hydrogens (primary N) is 2. The van der Waals surface area contributed by atoms with Gasteiger partial charge in [0.15, 0.2) is 0 Å². The summed E-state index contributed by atoms with van der Waals surface area (Å²) < 4.78 is 69.5. The fourth-order valence-corrected chi connectivity index (χ4v) is 5.59. The van der Waals surface area contributed by atoms with E-state index in [0.29, 0.717) is 12.2 Å². The molecule has 0 fully saturated rings. The molecule has 3 amide bonds. The molecule has 248 valence electrons. The monoisotopic (exact) mass is 656 g/mol. The number of imidazole rings is 2. The molecule has 0 radical (unpaired) electrons. The van der Waals surface area contributed by atoms with Crippen molar-refractivity contribution in [1.29, 1.82) is 0 Å². The van der Waals surface area contributed by atoms with Crippen LogP contribution in [-0.4, -0.2) is 64.7 Å². The maximum atomic E-state index is 16.0. The molecule has 0 saturated carbocycles. The number of carbonyl (C=O) groups excluding carboxylic acids is 3. The van der Waals surface area contributed by atoms with E-state index in [1.54, 1.807) is 13.8 Å². The van der Waals surface area contributed by atoms with Crippen LogP contribution in [0.25, 0.3) is 22.1 Å². The van der Waals surface area contributed by atoms with E-state index < -0.39 is 42.7 Å². The van der Waals surface area contributed by atoms with Gasteiger partial charge in [-0.05, 0) is 56.3 Å². The highest BCUT2D eigenvalue weighted by atomic mass is 19.3. The highest BCUT2D eigenvalue weighted by molar-refractivity contribution is 5.97. The zero-order chi connectivity index (χ0) is 34.6. The summed E-state index contributed by atoms with van der Waals surface area (Å²) in [4.78, 5) is 45.0. The van der Waals surface area contributed by atoms with Crippen molar-refractivity contribution in [3.05, 3.63) is 76.2 Å². The average Bonchev–Trinajstić information content (AvgIpc) is 3.61. The van der Waals surface area contributed by atoms with Crippen molar-refractivity contribution in [3.63, 3.8) is 0 Å². The van der Waals surface area contributed by atoms with Crippen LogP contribution >= 0.6 is 0 Å². The van der Waals surface area contributed by atoms with E-state index in [1.165, 1.54) is 77.4 Å². The molecule has 0 aliphatic heterocycles. The maximum Gasteiger partial charge on any atom is 0.329 e. The summed E-state index contributed by atoms with van der Waals surface area (Å²) in [6.45, 7) is 0.637. The third kappa shape index (κ3) is 5.61. The lowest BCUT2D eigenvalue weighted by Gasteiger charge is -2.27. The Morgan fingerprint density at radius 3 is 1.70 bits per heavy atom. The number of primary amides is 2. The molecule has 4 N–H and O–H groups in total. The van der Waals surface area contributed by atoms with Gasteiger partial charge in [0.05, 0.1) is 40.9 Å². The van der Waals surface area contributed by atoms with Gasteiger partial charge in [-0.15, -0.1) is 0 Å². The minimum Gasteiger partial charge on any atom is -0.366 e. The molecule has 0 aliphatic carbocycles. The highest BCUT2D eigenvalue weighted by Crippen LogP contribution is 2.38. The molecule has 0 bridgehead atoms. The van der Waals surface area contributed by atoms with E-state index in [1.807, 2.05) is 0 Å². The van der Waals surface area contributed by atoms with Crippen LogP contribution in [0.1, 0.15) is 43.8 Å². The molecule has 13 nitrogen and oxygen atoms in total. The third-order valence-corrected chi connectivity index (χ3v) is 7.98. The predicted molar refractivity (Wildman–Crippen MR) is 163 cm³/mol. The summed E-state index contributed by atoms with van der Waals surface area (Å²) in [5, 5.41) is 4.21. The number of hydrogen-bond donors (Lipinski definition) is 2. The summed E-state index contributed by atoms with van der Waals surface area (Å²) in [7, 11) is 4.21. The molecule has 47 heavy (non-hydrogen) atoms. The van der Waals surface area contributed by atoms with Crippen LogP contribution in [-0.2, 0) is 33.7 Å². The van der Waals surface area contributed by atoms with Gasteiger partial charge >= 0.3 is 11.8 Å². The summed E-state index contributed by atoms with van der Waals surface area (Å²) in [5.74, 6) is -11.8. The largest absolute Gasteiger partial charge is 0.366 e. The molecular formula is C30H32F4N10O3. The zero-order valence-corrected chi connectivity index (χ0v) is 26.1. The Balaban J connectivity index is 1.65.